The highest BCUT2D eigenvalue weighted by Crippen LogP contribution is 2.67. The van der Waals surface area contributed by atoms with E-state index in [-0.39, 0.29) is 62.6 Å². The SMILES string of the molecule is CC(=O)N[C@@]1(C)C(C)(COC[C@@]2(C)OC(C)(C)[C@@](C)(COC[C@]3(C)CC(C)(CO)[C@@](C)(O)C(C)(O)[C@]3(C)COC[C@]3(C)OC(C)(C)[C@@](C)(O)C(C)(O)[C@@]3(C)O)C(C)(O)[C@@]2(C)O)[C@](C)(O)C(C)(CO)O[C@@]1(C)OC(=O)CCCCC1SC[C@@H]2NC(=O)N[C@H]12. The van der Waals surface area contributed by atoms with E-state index in [1.165, 1.54) is 76.2 Å². The van der Waals surface area contributed by atoms with Crippen molar-refractivity contribution in [3.05, 3.63) is 0 Å². The molecule has 506 valence electrons. The molecule has 1 aliphatic carbocycles. The molecule has 6 fully saturated rings. The van der Waals surface area contributed by atoms with Crippen LogP contribution in [-0.2, 0) is 42.7 Å². The highest BCUT2D eigenvalue weighted by molar-refractivity contribution is 8.00. The molecule has 0 aromatic heterocycles. The minimum Gasteiger partial charge on any atom is -0.431 e. The summed E-state index contributed by atoms with van der Waals surface area (Å²) < 4.78 is 46.1. The van der Waals surface area contributed by atoms with Crippen molar-refractivity contribution in [2.24, 2.45) is 27.1 Å². The van der Waals surface area contributed by atoms with Crippen molar-refractivity contribution in [1.82, 2.24) is 16.0 Å². The van der Waals surface area contributed by atoms with Gasteiger partial charge in [0, 0.05) is 47.5 Å². The number of aliphatic hydroxyl groups is 10. The van der Waals surface area contributed by atoms with Gasteiger partial charge in [0.25, 0.3) is 0 Å². The van der Waals surface area contributed by atoms with Gasteiger partial charge in [-0.2, -0.15) is 11.8 Å². The Labute approximate surface area is 520 Å². The smallest absolute Gasteiger partial charge is 0.315 e. The summed E-state index contributed by atoms with van der Waals surface area (Å²) in [4.78, 5) is 39.2. The molecular formula is C63H113N3O20S. The molecule has 3 amide bonds. The molecule has 5 saturated heterocycles. The zero-order valence-electron chi connectivity index (χ0n) is 56.6. The summed E-state index contributed by atoms with van der Waals surface area (Å²) in [7, 11) is 0. The summed E-state index contributed by atoms with van der Waals surface area (Å²) in [6, 6.07) is -0.125. The van der Waals surface area contributed by atoms with E-state index >= 15 is 0 Å². The van der Waals surface area contributed by atoms with Crippen LogP contribution in [0.5, 0.6) is 0 Å². The van der Waals surface area contributed by atoms with Crippen LogP contribution in [-0.4, -0.2) is 229 Å². The maximum atomic E-state index is 14.0. The summed E-state index contributed by atoms with van der Waals surface area (Å²) >= 11 is 1.77. The number of thioether (sulfide) groups is 1. The van der Waals surface area contributed by atoms with E-state index in [9.17, 15) is 65.4 Å². The molecule has 1 saturated carbocycles. The van der Waals surface area contributed by atoms with E-state index < -0.39 is 150 Å². The summed E-state index contributed by atoms with van der Waals surface area (Å²) in [6.45, 7) is 32.2. The first kappa shape index (κ1) is 74.0. The summed E-state index contributed by atoms with van der Waals surface area (Å²) in [5, 5.41) is 131. The summed E-state index contributed by atoms with van der Waals surface area (Å²) in [5.74, 6) is -2.48. The van der Waals surface area contributed by atoms with Crippen LogP contribution in [0.3, 0.4) is 0 Å². The molecule has 23 nitrogen and oxygen atoms in total. The number of aliphatic hydroxyl groups excluding tert-OH is 2. The van der Waals surface area contributed by atoms with Crippen LogP contribution in [0.15, 0.2) is 0 Å². The van der Waals surface area contributed by atoms with Crippen LogP contribution in [0.4, 0.5) is 4.79 Å². The molecule has 0 aromatic carbocycles. The number of rotatable bonds is 21. The number of unbranched alkanes of at least 4 members (excludes halogenated alkanes) is 1. The largest absolute Gasteiger partial charge is 0.431 e. The molecular weight excluding hydrogens is 1150 g/mol. The van der Waals surface area contributed by atoms with Crippen LogP contribution >= 0.6 is 11.8 Å². The molecule has 0 radical (unpaired) electrons. The van der Waals surface area contributed by atoms with Crippen LogP contribution in [0.25, 0.3) is 0 Å². The van der Waals surface area contributed by atoms with E-state index in [1.54, 1.807) is 87.9 Å². The minimum absolute atomic E-state index is 0.00374. The zero-order chi connectivity index (χ0) is 67.1. The molecule has 24 heteroatoms. The Kier molecular flexibility index (Phi) is 18.9. The Hall–Kier alpha value is -2.08. The Morgan fingerprint density at radius 3 is 1.53 bits per heavy atom. The summed E-state index contributed by atoms with van der Waals surface area (Å²) in [6.07, 6.45) is 1.87. The maximum absolute atomic E-state index is 14.0. The second kappa shape index (κ2) is 22.3. The average molecular weight is 1260 g/mol. The molecule has 5 heterocycles. The number of hydrogen-bond acceptors (Lipinski definition) is 21. The Balaban J connectivity index is 1.24. The van der Waals surface area contributed by atoms with Gasteiger partial charge in [-0.25, -0.2) is 4.79 Å². The van der Waals surface area contributed by atoms with E-state index in [1.807, 2.05) is 6.92 Å². The Morgan fingerprint density at radius 1 is 0.529 bits per heavy atom. The first-order valence-corrected chi connectivity index (χ1v) is 31.9. The predicted octanol–water partition coefficient (Wildman–Crippen LogP) is 3.27. The molecule has 0 aromatic rings. The molecule has 87 heavy (non-hydrogen) atoms. The highest BCUT2D eigenvalue weighted by atomic mass is 32.2. The number of urea groups is 1. The van der Waals surface area contributed by atoms with Gasteiger partial charge >= 0.3 is 12.0 Å². The van der Waals surface area contributed by atoms with Gasteiger partial charge in [0.2, 0.25) is 11.7 Å². The third kappa shape index (κ3) is 10.3. The lowest BCUT2D eigenvalue weighted by molar-refractivity contribution is -0.415. The lowest BCUT2D eigenvalue weighted by Gasteiger charge is -2.69. The molecule has 0 bridgehead atoms. The van der Waals surface area contributed by atoms with Crippen LogP contribution in [0, 0.1) is 27.1 Å². The first-order chi connectivity index (χ1) is 38.8. The number of carbonyl (C=O) groups is 3. The van der Waals surface area contributed by atoms with Crippen molar-refractivity contribution in [2.45, 2.75) is 293 Å². The second-order valence-corrected chi connectivity index (χ2v) is 33.1. The maximum Gasteiger partial charge on any atom is 0.315 e. The van der Waals surface area contributed by atoms with E-state index in [0.29, 0.717) is 12.8 Å². The van der Waals surface area contributed by atoms with E-state index in [4.69, 9.17) is 33.2 Å². The van der Waals surface area contributed by atoms with Gasteiger partial charge in [0.1, 0.15) is 55.9 Å². The van der Waals surface area contributed by atoms with Gasteiger partial charge < -0.3 is 100 Å². The number of ether oxygens (including phenoxy) is 7. The number of esters is 1. The molecule has 6 rings (SSSR count). The van der Waals surface area contributed by atoms with Crippen LogP contribution < -0.4 is 16.0 Å². The van der Waals surface area contributed by atoms with Gasteiger partial charge in [-0.15, -0.1) is 0 Å². The van der Waals surface area contributed by atoms with Crippen molar-refractivity contribution in [2.75, 3.05) is 58.6 Å². The minimum atomic E-state index is -2.18. The molecule has 13 N–H and O–H groups in total. The predicted molar refractivity (Wildman–Crippen MR) is 324 cm³/mol. The van der Waals surface area contributed by atoms with Crippen LogP contribution in [0.2, 0.25) is 0 Å². The third-order valence-electron chi connectivity index (χ3n) is 26.1. The van der Waals surface area contributed by atoms with Gasteiger partial charge in [-0.3, -0.25) is 9.59 Å². The van der Waals surface area contributed by atoms with Gasteiger partial charge in [0.05, 0.1) is 98.2 Å². The summed E-state index contributed by atoms with van der Waals surface area (Å²) in [5.41, 5.74) is -33.5. The topological polar surface area (TPSA) is 354 Å². The highest BCUT2D eigenvalue weighted by Gasteiger charge is 2.79. The van der Waals surface area contributed by atoms with Crippen molar-refractivity contribution in [3.8, 4) is 0 Å². The molecule has 7 unspecified atom stereocenters. The van der Waals surface area contributed by atoms with E-state index in [2.05, 4.69) is 16.0 Å². The van der Waals surface area contributed by atoms with Crippen molar-refractivity contribution < 1.29 is 98.6 Å². The number of hydrogen-bond donors (Lipinski definition) is 13. The third-order valence-corrected chi connectivity index (χ3v) is 27.6. The van der Waals surface area contributed by atoms with Gasteiger partial charge in [0.15, 0.2) is 0 Å². The Bertz CT molecular complexity index is 2600. The standard InChI is InChI=1S/C63H113N3O20S/c1-38(69)66-54(14)50(10,57(17,74)51(11,31-68)86-63(54,23)83-41(70)27-25-24-26-40-42-39(28-87-40)64-43(71)65-42)35-82-36-52(12)60(20,77)58(18,75)48(8,44(2,3)84-52)33-80-32-47(7)29-46(6,30-67)56(16,73)59(19,76)49(47,9)34-81-37-53(13)61(21,78)62(22,79)55(15,72)45(4,5)85-53/h39-40,42,67-68,72-79H,24-37H2,1-23H3,(H,66,69)(H2,64,65,71)/t39-,40?,42-,46?,47-,48+,49+,50?,51?,52+,53-,54-,55+,56+,57-,58?,59?,60-,61-,62?,63+/m0/s1. The fourth-order valence-electron chi connectivity index (χ4n) is 16.4. The quantitative estimate of drug-likeness (QED) is 0.0445. The normalized spacial score (nSPS) is 52.0. The lowest BCUT2D eigenvalue weighted by Crippen LogP contribution is -2.86. The second-order valence-electron chi connectivity index (χ2n) is 31.8. The van der Waals surface area contributed by atoms with E-state index in [0.717, 1.165) is 12.2 Å². The van der Waals surface area contributed by atoms with Crippen molar-refractivity contribution in [3.63, 3.8) is 0 Å². The van der Waals surface area contributed by atoms with Gasteiger partial charge in [-0.05, 0) is 130 Å². The van der Waals surface area contributed by atoms with Gasteiger partial charge in [-0.1, -0.05) is 41.0 Å². The number of amides is 3. The molecule has 0 spiro atoms. The molecule has 5 aliphatic heterocycles. The zero-order valence-corrected chi connectivity index (χ0v) is 57.4. The first-order valence-electron chi connectivity index (χ1n) is 30.9. The number of fused-ring (bicyclic) bond motifs is 1. The van der Waals surface area contributed by atoms with Crippen molar-refractivity contribution in [1.29, 1.82) is 0 Å². The molecule has 21 atom stereocenters. The van der Waals surface area contributed by atoms with Crippen LogP contribution in [0.1, 0.15) is 191 Å². The average Bonchev–Trinajstić information content (AvgIpc) is 0.912. The fraction of sp³-hybridized carbons (Fsp3) is 0.952. The molecule has 6 aliphatic rings. The number of carbonyl (C=O) groups excluding carboxylic acids is 3. The monoisotopic (exact) mass is 1260 g/mol. The van der Waals surface area contributed by atoms with Crippen molar-refractivity contribution >= 4 is 29.7 Å². The fourth-order valence-corrected chi connectivity index (χ4v) is 17.9. The lowest BCUT2D eigenvalue weighted by atomic mass is 9.41. The number of nitrogens with one attached hydrogen (secondary N) is 3. The Morgan fingerprint density at radius 2 is 1.01 bits per heavy atom.